The Balaban J connectivity index is 1.62. The molecule has 0 aromatic heterocycles. The van der Waals surface area contributed by atoms with E-state index in [0.29, 0.717) is 10.8 Å². The van der Waals surface area contributed by atoms with Crippen molar-refractivity contribution in [2.75, 3.05) is 14.1 Å². The van der Waals surface area contributed by atoms with Crippen LogP contribution >= 0.6 is 0 Å². The fourth-order valence-electron chi connectivity index (χ4n) is 5.84. The van der Waals surface area contributed by atoms with Gasteiger partial charge in [0.2, 0.25) is 12.1 Å². The van der Waals surface area contributed by atoms with E-state index in [0.717, 1.165) is 5.56 Å². The SMILES string of the molecule is Cc1ccc2c(O)c3c(cc2c1)C(=O)c1c2c(cc(O)c1C3=O)[C@@]1(C)O[C@@H](O2)[C@@H](O)[C@H](N(C)C)[C@H]1O. The van der Waals surface area contributed by atoms with E-state index < -0.39 is 47.5 Å². The molecule has 0 amide bonds. The number of ketones is 2. The van der Waals surface area contributed by atoms with Gasteiger partial charge in [-0.2, -0.15) is 0 Å². The van der Waals surface area contributed by atoms with Gasteiger partial charge in [-0.15, -0.1) is 0 Å². The van der Waals surface area contributed by atoms with Gasteiger partial charge in [0.1, 0.15) is 35.1 Å². The van der Waals surface area contributed by atoms with Gasteiger partial charge in [0.05, 0.1) is 22.7 Å². The lowest BCUT2D eigenvalue weighted by atomic mass is 9.74. The highest BCUT2D eigenvalue weighted by Gasteiger charge is 2.59. The molecular formula is C27H25NO8. The molecule has 3 aliphatic rings. The summed E-state index contributed by atoms with van der Waals surface area (Å²) < 4.78 is 11.9. The number of phenolic OH excluding ortho intramolecular Hbond substituents is 2. The van der Waals surface area contributed by atoms with Gasteiger partial charge < -0.3 is 34.8 Å². The van der Waals surface area contributed by atoms with Crippen LogP contribution in [0.1, 0.15) is 49.9 Å². The average molecular weight is 491 g/mol. The lowest BCUT2D eigenvalue weighted by molar-refractivity contribution is -0.311. The van der Waals surface area contributed by atoms with E-state index in [1.165, 1.54) is 6.07 Å². The number of aromatic hydroxyl groups is 2. The molecule has 6 rings (SSSR count). The molecule has 9 heteroatoms. The number of aliphatic hydroxyl groups is 2. The minimum atomic E-state index is -1.45. The zero-order valence-corrected chi connectivity index (χ0v) is 20.1. The lowest BCUT2D eigenvalue weighted by Gasteiger charge is -2.53. The van der Waals surface area contributed by atoms with Crippen LogP contribution in [0.3, 0.4) is 0 Å². The lowest BCUT2D eigenvalue weighted by Crippen LogP contribution is -2.68. The molecule has 0 unspecified atom stereocenters. The van der Waals surface area contributed by atoms with E-state index in [1.807, 2.05) is 6.92 Å². The number of hydrogen-bond acceptors (Lipinski definition) is 9. The van der Waals surface area contributed by atoms with Crippen molar-refractivity contribution in [3.63, 3.8) is 0 Å². The Morgan fingerprint density at radius 3 is 2.39 bits per heavy atom. The number of ether oxygens (including phenoxy) is 2. The van der Waals surface area contributed by atoms with Crippen LogP contribution in [0.15, 0.2) is 30.3 Å². The third kappa shape index (κ3) is 2.74. The number of nitrogens with zero attached hydrogens (tertiary/aromatic N) is 1. The third-order valence-corrected chi connectivity index (χ3v) is 7.70. The first-order valence-electron chi connectivity index (χ1n) is 11.6. The Kier molecular flexibility index (Phi) is 4.63. The van der Waals surface area contributed by atoms with Gasteiger partial charge in [0, 0.05) is 16.5 Å². The highest BCUT2D eigenvalue weighted by Crippen LogP contribution is 2.53. The second-order valence-electron chi connectivity index (χ2n) is 10.2. The molecule has 36 heavy (non-hydrogen) atoms. The average Bonchev–Trinajstić information content (AvgIpc) is 2.81. The maximum Gasteiger partial charge on any atom is 0.228 e. The van der Waals surface area contributed by atoms with E-state index in [2.05, 4.69) is 0 Å². The van der Waals surface area contributed by atoms with E-state index in [1.54, 1.807) is 50.2 Å². The summed E-state index contributed by atoms with van der Waals surface area (Å²) in [5, 5.41) is 45.1. The third-order valence-electron chi connectivity index (χ3n) is 7.70. The highest BCUT2D eigenvalue weighted by molar-refractivity contribution is 6.32. The number of phenols is 2. The summed E-state index contributed by atoms with van der Waals surface area (Å²) >= 11 is 0. The predicted molar refractivity (Wildman–Crippen MR) is 128 cm³/mol. The highest BCUT2D eigenvalue weighted by atomic mass is 16.7. The Morgan fingerprint density at radius 1 is 0.972 bits per heavy atom. The Bertz CT molecular complexity index is 1510. The van der Waals surface area contributed by atoms with Crippen LogP contribution in [0, 0.1) is 6.92 Å². The van der Waals surface area contributed by atoms with Crippen molar-refractivity contribution in [1.82, 2.24) is 4.90 Å². The Morgan fingerprint density at radius 2 is 1.69 bits per heavy atom. The van der Waals surface area contributed by atoms with Crippen molar-refractivity contribution >= 4 is 22.3 Å². The summed E-state index contributed by atoms with van der Waals surface area (Å²) in [6, 6.07) is 7.29. The summed E-state index contributed by atoms with van der Waals surface area (Å²) in [5.41, 5.74) is -1.05. The molecule has 0 saturated carbocycles. The minimum absolute atomic E-state index is 0.0198. The molecule has 4 N–H and O–H groups in total. The maximum absolute atomic E-state index is 13.9. The minimum Gasteiger partial charge on any atom is -0.507 e. The summed E-state index contributed by atoms with van der Waals surface area (Å²) in [7, 11) is 3.40. The number of likely N-dealkylation sites (N-methyl/N-ethyl adjacent to an activating group) is 1. The molecule has 2 heterocycles. The number of aryl methyl sites for hydroxylation is 1. The molecule has 3 aromatic carbocycles. The number of carbonyl (C=O) groups excluding carboxylic acids is 2. The second kappa shape index (κ2) is 7.27. The Hall–Kier alpha value is -3.50. The van der Waals surface area contributed by atoms with Crippen molar-refractivity contribution in [2.24, 2.45) is 0 Å². The largest absolute Gasteiger partial charge is 0.507 e. The van der Waals surface area contributed by atoms with Gasteiger partial charge >= 0.3 is 0 Å². The number of benzene rings is 3. The fraction of sp³-hybridized carbons (Fsp3) is 0.333. The molecular weight excluding hydrogens is 466 g/mol. The van der Waals surface area contributed by atoms with E-state index in [-0.39, 0.29) is 39.3 Å². The standard InChI is InChI=1S/C27H25NO8/c1-10-5-6-12-11(7-10)8-13-16(20(12)30)22(32)17-15(29)9-14-24(18(17)21(13)31)35-26-23(33)19(28(3)4)25(34)27(14,2)36-26/h5-9,19,23,25-26,29-30,33-34H,1-4H3/t19-,23-,25+,26+,27+/m0/s1. The van der Waals surface area contributed by atoms with Gasteiger partial charge in [-0.3, -0.25) is 9.59 Å². The molecule has 9 nitrogen and oxygen atoms in total. The van der Waals surface area contributed by atoms with E-state index in [4.69, 9.17) is 9.47 Å². The predicted octanol–water partition coefficient (Wildman–Crippen LogP) is 1.95. The van der Waals surface area contributed by atoms with Crippen LogP contribution in [0.2, 0.25) is 0 Å². The quantitative estimate of drug-likeness (QED) is 0.315. The first kappa shape index (κ1) is 22.9. The van der Waals surface area contributed by atoms with Crippen LogP contribution in [0.4, 0.5) is 0 Å². The summed E-state index contributed by atoms with van der Waals surface area (Å²) in [4.78, 5) is 29.2. The monoisotopic (exact) mass is 491 g/mol. The number of fused-ring (bicyclic) bond motifs is 8. The molecule has 0 radical (unpaired) electrons. The molecule has 2 bridgehead atoms. The Labute approximate surface area is 206 Å². The first-order valence-corrected chi connectivity index (χ1v) is 11.6. The van der Waals surface area contributed by atoms with Gasteiger partial charge in [0.25, 0.3) is 0 Å². The molecule has 0 spiro atoms. The number of rotatable bonds is 1. The van der Waals surface area contributed by atoms with Crippen molar-refractivity contribution < 1.29 is 39.5 Å². The van der Waals surface area contributed by atoms with Crippen LogP contribution in [0.25, 0.3) is 10.8 Å². The summed E-state index contributed by atoms with van der Waals surface area (Å²) in [6.45, 7) is 3.46. The van der Waals surface area contributed by atoms with Crippen LogP contribution in [-0.2, 0) is 10.3 Å². The van der Waals surface area contributed by atoms with Crippen molar-refractivity contribution in [3.05, 3.63) is 63.7 Å². The van der Waals surface area contributed by atoms with Gasteiger partial charge in [0.15, 0.2) is 5.78 Å². The maximum atomic E-state index is 13.9. The smallest absolute Gasteiger partial charge is 0.228 e. The van der Waals surface area contributed by atoms with E-state index in [9.17, 15) is 30.0 Å². The van der Waals surface area contributed by atoms with Crippen LogP contribution in [0.5, 0.6) is 17.2 Å². The molecule has 1 aliphatic carbocycles. The van der Waals surface area contributed by atoms with Crippen molar-refractivity contribution in [3.8, 4) is 17.2 Å². The molecule has 3 aromatic rings. The molecule has 1 saturated heterocycles. The molecule has 5 atom stereocenters. The van der Waals surface area contributed by atoms with Crippen LogP contribution < -0.4 is 4.74 Å². The topological polar surface area (TPSA) is 137 Å². The molecule has 186 valence electrons. The number of aliphatic hydroxyl groups excluding tert-OH is 2. The second-order valence-corrected chi connectivity index (χ2v) is 10.2. The summed E-state index contributed by atoms with van der Waals surface area (Å²) in [6.07, 6.45) is -3.75. The van der Waals surface area contributed by atoms with Crippen LogP contribution in [-0.4, -0.2) is 75.5 Å². The fourth-order valence-corrected chi connectivity index (χ4v) is 5.84. The van der Waals surface area contributed by atoms with Crippen molar-refractivity contribution in [2.45, 2.75) is 44.0 Å². The summed E-state index contributed by atoms with van der Waals surface area (Å²) in [5.74, 6) is -2.22. The normalized spacial score (nSPS) is 28.5. The number of carbonyl (C=O) groups is 2. The van der Waals surface area contributed by atoms with Gasteiger partial charge in [-0.25, -0.2) is 0 Å². The zero-order chi connectivity index (χ0) is 25.8. The molecule has 2 aliphatic heterocycles. The molecule has 1 fully saturated rings. The van der Waals surface area contributed by atoms with E-state index >= 15 is 0 Å². The van der Waals surface area contributed by atoms with Gasteiger partial charge in [-0.1, -0.05) is 23.8 Å². The zero-order valence-electron chi connectivity index (χ0n) is 20.1. The van der Waals surface area contributed by atoms with Gasteiger partial charge in [-0.05, 0) is 45.5 Å². The first-order chi connectivity index (χ1) is 17.0. The van der Waals surface area contributed by atoms with Crippen molar-refractivity contribution in [1.29, 1.82) is 0 Å². The number of hydrogen-bond donors (Lipinski definition) is 4.